The molecule has 0 amide bonds. The number of nitro groups is 1. The monoisotopic (exact) mass is 166 g/mol. The van der Waals surface area contributed by atoms with Crippen molar-refractivity contribution in [3.63, 3.8) is 0 Å². The minimum Gasteiger partial charge on any atom is -0.313 e. The summed E-state index contributed by atoms with van der Waals surface area (Å²) in [5.41, 5.74) is -0.295. The van der Waals surface area contributed by atoms with Crippen LogP contribution in [0, 0.1) is 10.1 Å². The van der Waals surface area contributed by atoms with Gasteiger partial charge in [0.2, 0.25) is 0 Å². The Bertz CT molecular complexity index is 134. The maximum Gasteiger partial charge on any atom is 0.328 e. The van der Waals surface area contributed by atoms with Gasteiger partial charge in [-0.05, 0) is 0 Å². The second kappa shape index (κ2) is 3.14. The predicted octanol–water partition coefficient (Wildman–Crippen LogP) is -0.226. The molecule has 5 nitrogen and oxygen atoms in total. The van der Waals surface area contributed by atoms with Crippen molar-refractivity contribution in [1.29, 1.82) is 0 Å². The van der Waals surface area contributed by atoms with Gasteiger partial charge in [0.15, 0.2) is 0 Å². The molecule has 58 valence electrons. The standard InChI is InChI=1S/C4H7ClN2O3/c5-3-2-10-4(1-6-3)7(8)9/h3-4,6H,1-2H2. The van der Waals surface area contributed by atoms with Gasteiger partial charge in [-0.25, -0.2) is 0 Å². The first kappa shape index (κ1) is 7.71. The molecule has 0 aliphatic carbocycles. The van der Waals surface area contributed by atoms with E-state index in [2.05, 4.69) is 5.32 Å². The largest absolute Gasteiger partial charge is 0.328 e. The summed E-state index contributed by atoms with van der Waals surface area (Å²) in [6, 6.07) is 0. The molecule has 0 aromatic heterocycles. The number of alkyl halides is 1. The maximum absolute atomic E-state index is 10.1. The highest BCUT2D eigenvalue weighted by Gasteiger charge is 2.27. The van der Waals surface area contributed by atoms with Gasteiger partial charge in [0.05, 0.1) is 18.1 Å². The highest BCUT2D eigenvalue weighted by Crippen LogP contribution is 2.03. The molecule has 1 saturated heterocycles. The molecule has 6 heteroatoms. The van der Waals surface area contributed by atoms with E-state index in [1.807, 2.05) is 0 Å². The SMILES string of the molecule is O=[N+]([O-])C1CNC(Cl)CO1. The van der Waals surface area contributed by atoms with E-state index in [4.69, 9.17) is 16.3 Å². The van der Waals surface area contributed by atoms with Gasteiger partial charge in [-0.1, -0.05) is 0 Å². The summed E-state index contributed by atoms with van der Waals surface area (Å²) in [6.07, 6.45) is -0.935. The van der Waals surface area contributed by atoms with Gasteiger partial charge in [-0.2, -0.15) is 0 Å². The van der Waals surface area contributed by atoms with E-state index >= 15 is 0 Å². The first-order chi connectivity index (χ1) is 4.70. The van der Waals surface area contributed by atoms with Crippen molar-refractivity contribution < 1.29 is 9.66 Å². The van der Waals surface area contributed by atoms with Crippen LogP contribution in [0.1, 0.15) is 0 Å². The van der Waals surface area contributed by atoms with E-state index in [1.165, 1.54) is 0 Å². The maximum atomic E-state index is 10.1. The Kier molecular flexibility index (Phi) is 2.42. The van der Waals surface area contributed by atoms with Gasteiger partial charge in [0.1, 0.15) is 5.50 Å². The van der Waals surface area contributed by atoms with Crippen LogP contribution in [0.3, 0.4) is 0 Å². The van der Waals surface area contributed by atoms with Gasteiger partial charge >= 0.3 is 6.23 Å². The number of morpholine rings is 1. The Morgan fingerprint density at radius 2 is 2.50 bits per heavy atom. The molecule has 0 radical (unpaired) electrons. The number of nitrogens with zero attached hydrogens (tertiary/aromatic N) is 1. The van der Waals surface area contributed by atoms with Crippen molar-refractivity contribution >= 4 is 11.6 Å². The second-order valence-electron chi connectivity index (χ2n) is 1.95. The van der Waals surface area contributed by atoms with Crippen LogP contribution in [0.15, 0.2) is 0 Å². The second-order valence-corrected chi connectivity index (χ2v) is 2.48. The van der Waals surface area contributed by atoms with Crippen LogP contribution in [-0.4, -0.2) is 29.8 Å². The molecular weight excluding hydrogens is 160 g/mol. The van der Waals surface area contributed by atoms with Gasteiger partial charge < -0.3 is 4.74 Å². The van der Waals surface area contributed by atoms with Gasteiger partial charge in [-0.3, -0.25) is 15.4 Å². The average molecular weight is 167 g/mol. The quantitative estimate of drug-likeness (QED) is 0.253. The fraction of sp³-hybridized carbons (Fsp3) is 1.00. The normalized spacial score (nSPS) is 33.7. The average Bonchev–Trinajstić information content (AvgIpc) is 1.88. The Balaban J connectivity index is 2.33. The van der Waals surface area contributed by atoms with Crippen molar-refractivity contribution in [1.82, 2.24) is 5.32 Å². The first-order valence-electron chi connectivity index (χ1n) is 2.82. The number of nitrogens with one attached hydrogen (secondary N) is 1. The number of halogens is 1. The lowest BCUT2D eigenvalue weighted by Gasteiger charge is -2.20. The van der Waals surface area contributed by atoms with Crippen LogP contribution in [0.25, 0.3) is 0 Å². The first-order valence-corrected chi connectivity index (χ1v) is 3.26. The highest BCUT2D eigenvalue weighted by atomic mass is 35.5. The van der Waals surface area contributed by atoms with Crippen LogP contribution in [0.2, 0.25) is 0 Å². The predicted molar refractivity (Wildman–Crippen MR) is 34.4 cm³/mol. The van der Waals surface area contributed by atoms with E-state index in [1.54, 1.807) is 0 Å². The molecule has 2 unspecified atom stereocenters. The lowest BCUT2D eigenvalue weighted by Crippen LogP contribution is -2.46. The molecule has 0 saturated carbocycles. The Morgan fingerprint density at radius 3 is 2.90 bits per heavy atom. The summed E-state index contributed by atoms with van der Waals surface area (Å²) in [7, 11) is 0. The number of rotatable bonds is 1. The molecule has 1 fully saturated rings. The van der Waals surface area contributed by atoms with E-state index in [0.29, 0.717) is 0 Å². The minimum atomic E-state index is -0.935. The van der Waals surface area contributed by atoms with E-state index in [0.717, 1.165) is 0 Å². The lowest BCUT2D eigenvalue weighted by atomic mass is 10.5. The number of ether oxygens (including phenoxy) is 1. The number of hydrogen-bond acceptors (Lipinski definition) is 4. The summed E-state index contributed by atoms with van der Waals surface area (Å²) in [5, 5.41) is 12.8. The molecule has 1 N–H and O–H groups in total. The summed E-state index contributed by atoms with van der Waals surface area (Å²) in [4.78, 5) is 9.58. The zero-order valence-electron chi connectivity index (χ0n) is 5.12. The topological polar surface area (TPSA) is 64.4 Å². The van der Waals surface area contributed by atoms with E-state index in [-0.39, 0.29) is 18.7 Å². The van der Waals surface area contributed by atoms with Crippen molar-refractivity contribution in [2.24, 2.45) is 0 Å². The number of hydrogen-bond donors (Lipinski definition) is 1. The summed E-state index contributed by atoms with van der Waals surface area (Å²) in [6.45, 7) is 0.369. The molecular formula is C4H7ClN2O3. The summed E-state index contributed by atoms with van der Waals surface area (Å²) in [5.74, 6) is 0. The smallest absolute Gasteiger partial charge is 0.313 e. The molecule has 0 bridgehead atoms. The summed E-state index contributed by atoms with van der Waals surface area (Å²) >= 11 is 5.53. The fourth-order valence-corrected chi connectivity index (χ4v) is 0.839. The van der Waals surface area contributed by atoms with Crippen LogP contribution >= 0.6 is 11.6 Å². The zero-order chi connectivity index (χ0) is 7.56. The highest BCUT2D eigenvalue weighted by molar-refractivity contribution is 6.20. The summed E-state index contributed by atoms with van der Waals surface area (Å²) < 4.78 is 4.76. The van der Waals surface area contributed by atoms with E-state index in [9.17, 15) is 10.1 Å². The van der Waals surface area contributed by atoms with Crippen LogP contribution < -0.4 is 5.32 Å². The molecule has 0 aromatic rings. The Labute approximate surface area is 62.4 Å². The van der Waals surface area contributed by atoms with Gasteiger partial charge in [-0.15, -0.1) is 11.6 Å². The van der Waals surface area contributed by atoms with E-state index < -0.39 is 11.2 Å². The minimum absolute atomic E-state index is 0.182. The zero-order valence-corrected chi connectivity index (χ0v) is 5.87. The third-order valence-electron chi connectivity index (χ3n) is 1.18. The van der Waals surface area contributed by atoms with Crippen LogP contribution in [0.5, 0.6) is 0 Å². The van der Waals surface area contributed by atoms with Crippen molar-refractivity contribution in [2.75, 3.05) is 13.2 Å². The van der Waals surface area contributed by atoms with Gasteiger partial charge in [0, 0.05) is 0 Å². The Hall–Kier alpha value is -0.390. The van der Waals surface area contributed by atoms with Crippen molar-refractivity contribution in [3.8, 4) is 0 Å². The molecule has 2 atom stereocenters. The Morgan fingerprint density at radius 1 is 1.80 bits per heavy atom. The molecule has 1 rings (SSSR count). The molecule has 1 aliphatic heterocycles. The van der Waals surface area contributed by atoms with Crippen LogP contribution in [0.4, 0.5) is 0 Å². The molecule has 10 heavy (non-hydrogen) atoms. The third-order valence-corrected chi connectivity index (χ3v) is 1.46. The van der Waals surface area contributed by atoms with Crippen molar-refractivity contribution in [3.05, 3.63) is 10.1 Å². The molecule has 1 heterocycles. The van der Waals surface area contributed by atoms with Crippen LogP contribution in [-0.2, 0) is 4.74 Å². The van der Waals surface area contributed by atoms with Crippen molar-refractivity contribution in [2.45, 2.75) is 11.7 Å². The molecule has 0 aromatic carbocycles. The lowest BCUT2D eigenvalue weighted by molar-refractivity contribution is -0.576. The fourth-order valence-electron chi connectivity index (χ4n) is 0.677. The molecule has 1 aliphatic rings. The third kappa shape index (κ3) is 1.80. The van der Waals surface area contributed by atoms with Gasteiger partial charge in [0.25, 0.3) is 0 Å². The molecule has 0 spiro atoms.